The Hall–Kier alpha value is -7.63. The highest BCUT2D eigenvalue weighted by atomic mass is 31.2. The van der Waals surface area contributed by atoms with Crippen molar-refractivity contribution >= 4 is 94.0 Å². The van der Waals surface area contributed by atoms with E-state index in [0.717, 1.165) is 21.7 Å². The van der Waals surface area contributed by atoms with E-state index in [-0.39, 0.29) is 75.6 Å². The number of ether oxygens (including phenoxy) is 5. The molecule has 13 rings (SSSR count). The lowest BCUT2D eigenvalue weighted by Gasteiger charge is -2.25. The van der Waals surface area contributed by atoms with Crippen LogP contribution >= 0.6 is 31.3 Å². The number of aliphatic hydroxyl groups excluding tert-OH is 2. The van der Waals surface area contributed by atoms with E-state index in [0.29, 0.717) is 0 Å². The summed E-state index contributed by atoms with van der Waals surface area (Å²) >= 11 is 0. The largest absolute Gasteiger partial charge is 0.472 e. The first-order valence-electron chi connectivity index (χ1n) is 29.5. The number of rotatable bonds is 26. The third-order valence-corrected chi connectivity index (χ3v) is 20.3. The quantitative estimate of drug-likeness (QED) is 0.0262. The van der Waals surface area contributed by atoms with Crippen molar-refractivity contribution in [3.05, 3.63) is 87.5 Å². The first kappa shape index (κ1) is 69.8. The number of phosphoric acid groups is 4. The summed E-state index contributed by atoms with van der Waals surface area (Å²) in [6.45, 7) is -4.43. The fraction of sp³-hybridized carbons (Fsp3) is 0.521. The van der Waals surface area contributed by atoms with Gasteiger partial charge in [-0.05, 0) is 12.1 Å². The summed E-state index contributed by atoms with van der Waals surface area (Å²) in [6, 6.07) is 2.46. The lowest BCUT2D eigenvalue weighted by atomic mass is 10.2. The zero-order chi connectivity index (χ0) is 70.0. The molecule has 8 aromatic heterocycles. The van der Waals surface area contributed by atoms with Crippen LogP contribution in [0.1, 0.15) is 63.2 Å². The number of aromatic amines is 1. The van der Waals surface area contributed by atoms with Crippen LogP contribution in [0.15, 0.2) is 70.5 Å². The number of fused-ring (bicyclic) bond motifs is 3. The molecule has 8 aromatic rings. The predicted molar refractivity (Wildman–Crippen MR) is 326 cm³/mol. The maximum Gasteiger partial charge on any atom is 0.472 e. The van der Waals surface area contributed by atoms with Crippen LogP contribution in [0.5, 0.6) is 0 Å². The van der Waals surface area contributed by atoms with E-state index in [4.69, 9.17) is 88.5 Å². The Morgan fingerprint density at radius 1 is 0.465 bits per heavy atom. The monoisotopic (exact) mass is 1470 g/mol. The summed E-state index contributed by atoms with van der Waals surface area (Å²) in [4.78, 5) is 126. The molecule has 0 saturated carbocycles. The van der Waals surface area contributed by atoms with Crippen molar-refractivity contribution in [3.8, 4) is 0 Å². The molecule has 0 radical (unpaired) electrons. The Bertz CT molecular complexity index is 4720. The maximum atomic E-state index is 14.2. The van der Waals surface area contributed by atoms with Crippen molar-refractivity contribution in [2.24, 2.45) is 0 Å². The van der Waals surface area contributed by atoms with Crippen LogP contribution in [0.25, 0.3) is 33.5 Å². The molecular weight excluding hydrogens is 1410 g/mol. The maximum absolute atomic E-state index is 14.2. The summed E-state index contributed by atoms with van der Waals surface area (Å²) in [6.07, 6.45) is -13.8. The fourth-order valence-electron chi connectivity index (χ4n) is 11.7. The van der Waals surface area contributed by atoms with Gasteiger partial charge in [0.05, 0.1) is 58.1 Å². The Balaban J connectivity index is 0.688. The average Bonchev–Trinajstić information content (AvgIpc) is 1.65. The SMILES string of the molecule is Nc1ccn([C@H]2C[C@H](OP(=O)(O)OC[C@H]3O[C@@H](n4cnc5c(N)ncnc54)C[C@@H]3O)[C@@H](COP(=O)(O)O[C@H]3C[C@H](n4ccc(N)nc4=O)O[C@@H]3COP(=O)(O)O[C@H]3C[C@H](n4cnc5c(=O)[nH]c(N)nc54)O[C@@H]3COP(=O)(O)O[C@H]3C[C@H](n4cnc5c(N)ncnc54)O[C@@H]3CO)O2)c(=O)n1. The summed E-state index contributed by atoms with van der Waals surface area (Å²) in [5.41, 5.74) is 27.1. The molecule has 51 heteroatoms. The normalized spacial score (nSPS) is 29.7. The van der Waals surface area contributed by atoms with Gasteiger partial charge < -0.3 is 82.1 Å². The number of hydrogen-bond acceptors (Lipinski definition) is 37. The highest BCUT2D eigenvalue weighted by molar-refractivity contribution is 7.48. The number of phosphoric ester groups is 4. The molecule has 19 atom stereocenters. The van der Waals surface area contributed by atoms with Crippen molar-refractivity contribution in [2.75, 3.05) is 61.7 Å². The lowest BCUT2D eigenvalue weighted by Crippen LogP contribution is -2.32. The van der Waals surface area contributed by atoms with E-state index < -0.39 is 193 Å². The number of nitrogens with two attached hydrogens (primary N) is 5. The molecule has 5 aliphatic heterocycles. The number of nitrogen functional groups attached to an aromatic ring is 5. The number of aromatic nitrogens is 16. The second-order valence-corrected chi connectivity index (χ2v) is 28.4. The van der Waals surface area contributed by atoms with Gasteiger partial charge in [0.1, 0.15) is 121 Å². The Labute approximate surface area is 551 Å². The van der Waals surface area contributed by atoms with E-state index in [1.165, 1.54) is 57.3 Å². The van der Waals surface area contributed by atoms with E-state index in [2.05, 4.69) is 54.8 Å². The summed E-state index contributed by atoms with van der Waals surface area (Å²) in [5.74, 6) is -0.554. The van der Waals surface area contributed by atoms with E-state index in [1.54, 1.807) is 0 Å². The van der Waals surface area contributed by atoms with Gasteiger partial charge in [-0.15, -0.1) is 0 Å². The van der Waals surface area contributed by atoms with Gasteiger partial charge >= 0.3 is 42.7 Å². The minimum Gasteiger partial charge on any atom is -0.394 e. The number of nitrogens with one attached hydrogen (secondary N) is 1. The minimum absolute atomic E-state index is 0.0467. The first-order chi connectivity index (χ1) is 47.1. The standard InChI is InChI=1S/C48H61N21O26P4/c49-30-1-3-65(47(73)61-30)33-7-22(93-96(75,76)83-11-26-20(71)5-32(88-26)67-17-58-37-40(51)54-15-56-42(37)67)27(89-33)12-85-98(79,80)94-23-8-34(66-4-2-31(50)62-48(66)74)90-28(23)13-86-99(81,82)95-24-9-36(69-19-60-39-44(69)63-46(53)64-45(39)72)91-29(24)14-84-97(77,78)92-21-6-35(87-25(21)10-70)68-18-59-38-41(52)55-16-57-43(38)68/h1-4,15-29,32-36,70-71H,5-14H2,(H,75,76)(H,77,78)(H,79,80)(H,81,82)(H2,49,61,73)(H2,50,62,74)(H2,51,54,56)(H2,52,55,57)(H3,53,63,64,72)/t20-,21-,22-,23-,24-,25+,26+,27+,28+,29+,32+,33+,34+,35+,36+/m0/s1. The number of anilines is 5. The highest BCUT2D eigenvalue weighted by Gasteiger charge is 2.50. The van der Waals surface area contributed by atoms with Gasteiger partial charge in [0.2, 0.25) is 5.95 Å². The Morgan fingerprint density at radius 2 is 0.818 bits per heavy atom. The van der Waals surface area contributed by atoms with E-state index >= 15 is 0 Å². The molecule has 534 valence electrons. The molecule has 0 spiro atoms. The molecule has 99 heavy (non-hydrogen) atoms. The van der Waals surface area contributed by atoms with Crippen molar-refractivity contribution in [3.63, 3.8) is 0 Å². The van der Waals surface area contributed by atoms with Gasteiger partial charge in [0, 0.05) is 44.5 Å². The number of nitrogens with zero attached hydrogens (tertiary/aromatic N) is 15. The van der Waals surface area contributed by atoms with Crippen molar-refractivity contribution < 1.29 is 108 Å². The Morgan fingerprint density at radius 3 is 1.23 bits per heavy atom. The van der Waals surface area contributed by atoms with Crippen LogP contribution in [0.4, 0.5) is 29.2 Å². The van der Waals surface area contributed by atoms with Crippen LogP contribution in [0.2, 0.25) is 0 Å². The van der Waals surface area contributed by atoms with Crippen molar-refractivity contribution in [1.82, 2.24) is 77.7 Å². The molecule has 47 nitrogen and oxygen atoms in total. The van der Waals surface area contributed by atoms with E-state index in [9.17, 15) is 62.4 Å². The molecule has 0 aromatic carbocycles. The second-order valence-electron chi connectivity index (χ2n) is 22.7. The van der Waals surface area contributed by atoms with Crippen LogP contribution in [-0.2, 0) is 78.1 Å². The van der Waals surface area contributed by atoms with Crippen molar-refractivity contribution in [2.45, 2.75) is 124 Å². The zero-order valence-electron chi connectivity index (χ0n) is 50.7. The van der Waals surface area contributed by atoms with Gasteiger partial charge in [-0.1, -0.05) is 0 Å². The third kappa shape index (κ3) is 15.2. The number of aliphatic hydroxyl groups is 2. The molecule has 17 N–H and O–H groups in total. The molecule has 5 aliphatic rings. The summed E-state index contributed by atoms with van der Waals surface area (Å²) < 4.78 is 136. The first-order valence-corrected chi connectivity index (χ1v) is 35.5. The van der Waals surface area contributed by atoms with Crippen molar-refractivity contribution in [1.29, 1.82) is 0 Å². The van der Waals surface area contributed by atoms with Gasteiger partial charge in [0.15, 0.2) is 34.1 Å². The van der Waals surface area contributed by atoms with Crippen LogP contribution in [0, 0.1) is 0 Å². The van der Waals surface area contributed by atoms with Crippen LogP contribution < -0.4 is 45.6 Å². The third-order valence-electron chi connectivity index (χ3n) is 16.3. The Kier molecular flexibility index (Phi) is 19.6. The van der Waals surface area contributed by atoms with Gasteiger partial charge in [-0.3, -0.25) is 68.8 Å². The number of H-pyrrole nitrogens is 1. The van der Waals surface area contributed by atoms with Crippen LogP contribution in [0.3, 0.4) is 0 Å². The molecular formula is C48H61N21O26P4. The molecule has 0 aliphatic carbocycles. The fourth-order valence-corrected chi connectivity index (χ4v) is 15.5. The number of hydrogen-bond donors (Lipinski definition) is 12. The molecule has 5 fully saturated rings. The number of imidazole rings is 3. The topological polar surface area (TPSA) is 660 Å². The molecule has 0 bridgehead atoms. The van der Waals surface area contributed by atoms with Gasteiger partial charge in [-0.25, -0.2) is 62.7 Å². The van der Waals surface area contributed by atoms with Gasteiger partial charge in [0.25, 0.3) is 5.56 Å². The smallest absolute Gasteiger partial charge is 0.394 e. The van der Waals surface area contributed by atoms with Gasteiger partial charge in [-0.2, -0.15) is 15.0 Å². The molecule has 13 heterocycles. The average molecular weight is 1470 g/mol. The zero-order valence-corrected chi connectivity index (χ0v) is 54.2. The summed E-state index contributed by atoms with van der Waals surface area (Å²) in [5, 5.41) is 21.2. The minimum atomic E-state index is -5.49. The second kappa shape index (κ2) is 27.7. The molecule has 5 saturated heterocycles. The molecule has 4 unspecified atom stereocenters. The van der Waals surface area contributed by atoms with Crippen LogP contribution in [-0.4, -0.2) is 202 Å². The summed E-state index contributed by atoms with van der Waals surface area (Å²) in [7, 11) is -21.4. The predicted octanol–water partition coefficient (Wildman–Crippen LogP) is -1.98. The molecule has 0 amide bonds. The lowest BCUT2D eigenvalue weighted by molar-refractivity contribution is -0.0643. The van der Waals surface area contributed by atoms with E-state index in [1.807, 2.05) is 0 Å². The highest BCUT2D eigenvalue weighted by Crippen LogP contribution is 2.55.